The number of benzene rings is 2. The number of hydrogen-bond acceptors (Lipinski definition) is 8. The summed E-state index contributed by atoms with van der Waals surface area (Å²) < 4.78 is 46.6. The number of anilines is 2. The molecule has 2 saturated heterocycles. The molecule has 2 aliphatic heterocycles. The predicted octanol–water partition coefficient (Wildman–Crippen LogP) is 9.44. The largest absolute Gasteiger partial charge is 0.362 e. The number of carbonyl (C=O) groups excluding carboxylic acids is 2. The van der Waals surface area contributed by atoms with E-state index < -0.39 is 35.8 Å². The van der Waals surface area contributed by atoms with Crippen molar-refractivity contribution >= 4 is 57.1 Å². The van der Waals surface area contributed by atoms with Crippen LogP contribution in [0.25, 0.3) is 11.0 Å². The van der Waals surface area contributed by atoms with Crippen LogP contribution in [0.2, 0.25) is 0 Å². The van der Waals surface area contributed by atoms with Crippen molar-refractivity contribution in [2.24, 2.45) is 11.8 Å². The average Bonchev–Trinajstić information content (AvgIpc) is 3.99. The Morgan fingerprint density at radius 3 is 1.55 bits per heavy atom. The summed E-state index contributed by atoms with van der Waals surface area (Å²) in [6.07, 6.45) is 0.466. The van der Waals surface area contributed by atoms with Gasteiger partial charge in [0.05, 0.1) is 22.6 Å². The van der Waals surface area contributed by atoms with Gasteiger partial charge in [-0.15, -0.1) is 0 Å². The number of halogens is 3. The number of ether oxygens (including phenoxy) is 2. The van der Waals surface area contributed by atoms with Gasteiger partial charge in [0, 0.05) is 27.4 Å². The molecule has 4 aromatic heterocycles. The van der Waals surface area contributed by atoms with Crippen molar-refractivity contribution < 1.29 is 27.8 Å². The average molecular weight is 907 g/mol. The Kier molecular flexibility index (Phi) is 12.9. The molecule has 8 rings (SSSR count). The second-order valence-corrected chi connectivity index (χ2v) is 15.5. The van der Waals surface area contributed by atoms with Crippen molar-refractivity contribution in [2.45, 2.75) is 90.6 Å². The molecule has 0 aliphatic carbocycles. The van der Waals surface area contributed by atoms with Crippen molar-refractivity contribution in [1.29, 1.82) is 0 Å². The molecule has 12 nitrogen and oxygen atoms in total. The molecular formula is C43H49F2IN8O4. The Morgan fingerprint density at radius 1 is 0.707 bits per heavy atom. The van der Waals surface area contributed by atoms with Gasteiger partial charge in [-0.3, -0.25) is 9.59 Å². The van der Waals surface area contributed by atoms with Crippen LogP contribution in [0, 0.1) is 11.8 Å². The molecule has 8 atom stereocenters. The smallest absolute Gasteiger partial charge is 0.256 e. The Balaban J connectivity index is 0.000000192. The van der Waals surface area contributed by atoms with Crippen LogP contribution in [0.1, 0.15) is 99.2 Å². The number of aromatic nitrogens is 6. The molecule has 2 N–H and O–H groups in total. The summed E-state index contributed by atoms with van der Waals surface area (Å²) in [6, 6.07) is 24.9. The number of hydrogen-bond donors (Lipinski definition) is 2. The molecule has 0 saturated carbocycles. The van der Waals surface area contributed by atoms with Gasteiger partial charge in [-0.05, 0) is 68.3 Å². The first-order valence-electron chi connectivity index (χ1n) is 19.0. The van der Waals surface area contributed by atoms with Crippen molar-refractivity contribution in [3.8, 4) is 0 Å². The Hall–Kier alpha value is -4.87. The van der Waals surface area contributed by atoms with E-state index in [1.807, 2.05) is 46.8 Å². The van der Waals surface area contributed by atoms with Gasteiger partial charge in [0.1, 0.15) is 48.2 Å². The molecule has 15 heteroatoms. The normalized spacial score (nSPS) is 26.5. The first kappa shape index (κ1) is 42.7. The van der Waals surface area contributed by atoms with Crippen molar-refractivity contribution in [3.63, 3.8) is 0 Å². The molecule has 6 heterocycles. The molecule has 306 valence electrons. The Bertz CT molecular complexity index is 2360. The Morgan fingerprint density at radius 2 is 1.16 bits per heavy atom. The van der Waals surface area contributed by atoms with Crippen LogP contribution in [-0.2, 0) is 9.47 Å². The van der Waals surface area contributed by atoms with Gasteiger partial charge in [0.25, 0.3) is 11.8 Å². The van der Waals surface area contributed by atoms with E-state index in [0.29, 0.717) is 45.2 Å². The van der Waals surface area contributed by atoms with Gasteiger partial charge in [0.2, 0.25) is 0 Å². The lowest BCUT2D eigenvalue weighted by Crippen LogP contribution is -2.36. The molecule has 2 fully saturated rings. The highest BCUT2D eigenvalue weighted by molar-refractivity contribution is 14.1. The van der Waals surface area contributed by atoms with Gasteiger partial charge >= 0.3 is 0 Å². The number of nitrogens with zero attached hydrogens (tertiary/aromatic N) is 6. The predicted molar refractivity (Wildman–Crippen MR) is 228 cm³/mol. The molecule has 0 spiro atoms. The quantitative estimate of drug-likeness (QED) is 0.108. The highest BCUT2D eigenvalue weighted by Gasteiger charge is 2.53. The monoisotopic (exact) mass is 906 g/mol. The van der Waals surface area contributed by atoms with Crippen molar-refractivity contribution in [2.75, 3.05) is 15.1 Å². The minimum atomic E-state index is -1.14. The lowest BCUT2D eigenvalue weighted by atomic mass is 9.86. The van der Waals surface area contributed by atoms with Crippen LogP contribution >= 0.6 is 22.6 Å². The second kappa shape index (κ2) is 17.5. The van der Waals surface area contributed by atoms with E-state index >= 15 is 8.78 Å². The highest BCUT2D eigenvalue weighted by atomic mass is 127. The van der Waals surface area contributed by atoms with Crippen LogP contribution in [-0.4, -0.2) is 69.0 Å². The van der Waals surface area contributed by atoms with E-state index in [-0.39, 0.29) is 31.1 Å². The highest BCUT2D eigenvalue weighted by Crippen LogP contribution is 2.49. The fourth-order valence-corrected chi connectivity index (χ4v) is 9.03. The summed E-state index contributed by atoms with van der Waals surface area (Å²) in [7, 11) is 0. The van der Waals surface area contributed by atoms with E-state index in [0.717, 1.165) is 17.3 Å². The lowest BCUT2D eigenvalue weighted by Gasteiger charge is -2.29. The number of rotatable bonds is 9. The van der Waals surface area contributed by atoms with Gasteiger partial charge in [-0.1, -0.05) is 94.1 Å². The van der Waals surface area contributed by atoms with Gasteiger partial charge in [-0.25, -0.2) is 27.8 Å². The minimum Gasteiger partial charge on any atom is -0.362 e. The molecule has 58 heavy (non-hydrogen) atoms. The maximum Gasteiger partial charge on any atom is 0.256 e. The number of alkyl halides is 3. The summed E-state index contributed by atoms with van der Waals surface area (Å²) in [5.41, 5.74) is 2.47. The van der Waals surface area contributed by atoms with Crippen molar-refractivity contribution in [1.82, 2.24) is 29.2 Å². The fourth-order valence-electron chi connectivity index (χ4n) is 7.61. The molecule has 2 aliphatic rings. The van der Waals surface area contributed by atoms with Crippen LogP contribution in [0.3, 0.4) is 0 Å². The molecule has 0 radical (unpaired) electrons. The van der Waals surface area contributed by atoms with Crippen LogP contribution in [0.5, 0.6) is 0 Å². The maximum atomic E-state index is 15.2. The number of nitrogens with one attached hydrogen (secondary N) is 2. The summed E-state index contributed by atoms with van der Waals surface area (Å²) in [4.78, 5) is 33.4. The second-order valence-electron chi connectivity index (χ2n) is 14.7. The van der Waals surface area contributed by atoms with E-state index in [4.69, 9.17) is 9.47 Å². The van der Waals surface area contributed by atoms with E-state index in [1.165, 1.54) is 12.7 Å². The molecule has 2 aromatic carbocycles. The zero-order chi connectivity index (χ0) is 40.5. The summed E-state index contributed by atoms with van der Waals surface area (Å²) in [5, 5.41) is 14.2. The van der Waals surface area contributed by atoms with E-state index in [1.54, 1.807) is 81.8 Å². The molecule has 0 unspecified atom stereocenters. The maximum absolute atomic E-state index is 15.2. The molecule has 6 aromatic rings. The third kappa shape index (κ3) is 7.83. The van der Waals surface area contributed by atoms with Crippen molar-refractivity contribution in [3.05, 3.63) is 120 Å². The third-order valence-electron chi connectivity index (χ3n) is 11.7. The third-order valence-corrected chi connectivity index (χ3v) is 13.0. The number of carbonyl (C=O) groups is 2. The zero-order valence-electron chi connectivity index (χ0n) is 32.3. The first-order valence-corrected chi connectivity index (χ1v) is 20.6. The molecule has 0 bridgehead atoms. The SMILES string of the molecule is C.CC[C@@]1(C)O[C@@H](c2ccc3c(NC(=O)c4ccccc4)ncnn23)[C@H](F)[C@@H]1C.CC[C@@]1(CI)O[C@@H](c2ccc3c(NC(=O)c4ccccc4)ncnn23)[C@H](F)[C@@H]1C. The van der Waals surface area contributed by atoms with Gasteiger partial charge in [0.15, 0.2) is 11.6 Å². The number of amides is 2. The number of fused-ring (bicyclic) bond motifs is 2. The topological polar surface area (TPSA) is 137 Å². The van der Waals surface area contributed by atoms with E-state index in [9.17, 15) is 9.59 Å². The van der Waals surface area contributed by atoms with Crippen LogP contribution in [0.15, 0.2) is 97.6 Å². The molecule has 2 amide bonds. The fraction of sp³-hybridized carbons (Fsp3) is 0.395. The molecular weight excluding hydrogens is 857 g/mol. The standard InChI is InChI=1S/C21H22FIN4O2.C21H23FN4O2.CH4/c1-3-21(11-23)13(2)17(22)18(29-21)15-9-10-16-19(24-12-25-27(15)16)26-20(28)14-7-5-4-6-8-14;1-4-21(3)13(2)17(22)18(28-21)15-10-11-16-19(23-12-24-26(15)16)25-20(27)14-8-6-5-7-9-14;/h4-10,12-13,17-18H,3,11H2,1-2H3,(H,24,25,26,28);5-13,17-18H,4H2,1-3H3,(H,23,24,25,27);1H4/t13-,17+,18-,21-;13-,17+,18-,21+;/m00./s1. The lowest BCUT2D eigenvalue weighted by molar-refractivity contribution is -0.0510. The zero-order valence-corrected chi connectivity index (χ0v) is 34.4. The summed E-state index contributed by atoms with van der Waals surface area (Å²) in [5.74, 6) is -0.243. The van der Waals surface area contributed by atoms with Crippen LogP contribution in [0.4, 0.5) is 20.4 Å². The van der Waals surface area contributed by atoms with Gasteiger partial charge in [-0.2, -0.15) is 10.2 Å². The van der Waals surface area contributed by atoms with E-state index in [2.05, 4.69) is 53.4 Å². The van der Waals surface area contributed by atoms with Crippen LogP contribution < -0.4 is 10.6 Å². The first-order chi connectivity index (χ1) is 27.4. The summed E-state index contributed by atoms with van der Waals surface area (Å²) in [6.45, 7) is 9.76. The summed E-state index contributed by atoms with van der Waals surface area (Å²) >= 11 is 2.27. The van der Waals surface area contributed by atoms with Gasteiger partial charge < -0.3 is 20.1 Å². The Labute approximate surface area is 350 Å². The minimum absolute atomic E-state index is 0.